The summed E-state index contributed by atoms with van der Waals surface area (Å²) in [4.78, 5) is 17.9. The molecule has 1 aromatic heterocycles. The predicted octanol–water partition coefficient (Wildman–Crippen LogP) is 6.30. The van der Waals surface area contributed by atoms with E-state index in [1.165, 1.54) is 33.7 Å². The number of aromatic nitrogens is 1. The minimum atomic E-state index is -0.683. The van der Waals surface area contributed by atoms with Crippen LogP contribution < -0.4 is 0 Å². The van der Waals surface area contributed by atoms with Crippen molar-refractivity contribution >= 4 is 28.5 Å². The zero-order valence-electron chi connectivity index (χ0n) is 18.1. The van der Waals surface area contributed by atoms with Crippen molar-refractivity contribution in [2.45, 2.75) is 56.6 Å². The van der Waals surface area contributed by atoms with Crippen LogP contribution in [-0.4, -0.2) is 22.3 Å². The highest BCUT2D eigenvalue weighted by Crippen LogP contribution is 2.43. The highest BCUT2D eigenvalue weighted by Gasteiger charge is 2.34. The second-order valence-electron chi connectivity index (χ2n) is 8.31. The number of rotatable bonds is 6. The minimum absolute atomic E-state index is 0.202. The van der Waals surface area contributed by atoms with Crippen LogP contribution in [0.1, 0.15) is 51.3 Å². The zero-order chi connectivity index (χ0) is 21.2. The van der Waals surface area contributed by atoms with E-state index in [9.17, 15) is 4.79 Å². The van der Waals surface area contributed by atoms with Crippen molar-refractivity contribution in [3.63, 3.8) is 0 Å². The number of esters is 1. The summed E-state index contributed by atoms with van der Waals surface area (Å²) in [5.74, 6) is -0.202. The van der Waals surface area contributed by atoms with Gasteiger partial charge >= 0.3 is 5.97 Å². The Hall–Kier alpha value is -2.33. The van der Waals surface area contributed by atoms with Gasteiger partial charge in [0.05, 0.1) is 6.61 Å². The molecular formula is C25H29NO2S. The van der Waals surface area contributed by atoms with Crippen molar-refractivity contribution < 1.29 is 9.53 Å². The number of thioether (sulfide) groups is 1. The Morgan fingerprint density at radius 3 is 2.38 bits per heavy atom. The molecular weight excluding hydrogens is 378 g/mol. The maximum Gasteiger partial charge on any atom is 0.321 e. The molecule has 0 fully saturated rings. The number of hydrogen-bond acceptors (Lipinski definition) is 4. The fourth-order valence-electron chi connectivity index (χ4n) is 3.70. The van der Waals surface area contributed by atoms with Crippen LogP contribution in [0.15, 0.2) is 59.8 Å². The average molecular weight is 408 g/mol. The first-order valence-electron chi connectivity index (χ1n) is 9.98. The number of carbonyl (C=O) groups excluding carboxylic acids is 1. The molecule has 0 bridgehead atoms. The summed E-state index contributed by atoms with van der Waals surface area (Å²) in [6, 6.07) is 14.9. The molecule has 0 saturated heterocycles. The van der Waals surface area contributed by atoms with E-state index in [2.05, 4.69) is 62.2 Å². The van der Waals surface area contributed by atoms with Gasteiger partial charge in [0, 0.05) is 22.7 Å². The maximum absolute atomic E-state index is 12.5. The van der Waals surface area contributed by atoms with Gasteiger partial charge in [-0.3, -0.25) is 9.78 Å². The summed E-state index contributed by atoms with van der Waals surface area (Å²) < 4.78 is 4.60. The highest BCUT2D eigenvalue weighted by atomic mass is 32.2. The molecule has 3 rings (SSSR count). The van der Waals surface area contributed by atoms with E-state index < -0.39 is 4.75 Å². The second-order valence-corrected chi connectivity index (χ2v) is 9.97. The largest absolute Gasteiger partial charge is 0.465 e. The summed E-state index contributed by atoms with van der Waals surface area (Å²) in [7, 11) is 0. The number of aryl methyl sites for hydroxylation is 1. The molecule has 4 heteroatoms. The molecule has 2 aromatic carbocycles. The molecule has 1 heterocycles. The van der Waals surface area contributed by atoms with Crippen LogP contribution in [0.3, 0.4) is 0 Å². The van der Waals surface area contributed by atoms with Crippen molar-refractivity contribution in [1.29, 1.82) is 0 Å². The topological polar surface area (TPSA) is 39.2 Å². The quantitative estimate of drug-likeness (QED) is 0.355. The number of pyridine rings is 1. The normalized spacial score (nSPS) is 12.2. The first kappa shape index (κ1) is 21.4. The van der Waals surface area contributed by atoms with Gasteiger partial charge in [-0.25, -0.2) is 0 Å². The monoisotopic (exact) mass is 407 g/mol. The Bertz CT molecular complexity index is 1040. The van der Waals surface area contributed by atoms with Crippen LogP contribution in [0.5, 0.6) is 0 Å². The molecule has 3 aromatic rings. The molecule has 0 aliphatic carbocycles. The minimum Gasteiger partial charge on any atom is -0.465 e. The second kappa shape index (κ2) is 8.19. The maximum atomic E-state index is 12.5. The summed E-state index contributed by atoms with van der Waals surface area (Å²) in [6.07, 6.45) is 3.72. The van der Waals surface area contributed by atoms with Gasteiger partial charge in [0.2, 0.25) is 0 Å². The van der Waals surface area contributed by atoms with Gasteiger partial charge in [0.1, 0.15) is 4.75 Å². The van der Waals surface area contributed by atoms with Gasteiger partial charge < -0.3 is 4.74 Å². The number of nitrogens with zero attached hydrogens (tertiary/aromatic N) is 1. The van der Waals surface area contributed by atoms with Crippen molar-refractivity contribution in [3.8, 4) is 0 Å². The number of hydrogen-bond donors (Lipinski definition) is 0. The van der Waals surface area contributed by atoms with Crippen LogP contribution in [-0.2, 0) is 14.9 Å². The fraction of sp³-hybridized carbons (Fsp3) is 0.360. The molecule has 0 atom stereocenters. The SMILES string of the molecule is CCOC(=O)C(C)(C)Sc1ccncc1C(C)(C)c1ccc(C)c2ccccc12. The molecule has 0 unspecified atom stereocenters. The lowest BCUT2D eigenvalue weighted by atomic mass is 9.76. The van der Waals surface area contributed by atoms with E-state index in [1.54, 1.807) is 6.20 Å². The number of benzene rings is 2. The molecule has 29 heavy (non-hydrogen) atoms. The molecule has 3 nitrogen and oxygen atoms in total. The van der Waals surface area contributed by atoms with E-state index in [1.807, 2.05) is 33.0 Å². The van der Waals surface area contributed by atoms with Gasteiger partial charge in [-0.1, -0.05) is 50.2 Å². The molecule has 0 spiro atoms. The first-order chi connectivity index (χ1) is 13.7. The van der Waals surface area contributed by atoms with E-state index in [0.717, 1.165) is 10.5 Å². The third kappa shape index (κ3) is 4.18. The Morgan fingerprint density at radius 2 is 1.69 bits per heavy atom. The highest BCUT2D eigenvalue weighted by molar-refractivity contribution is 8.01. The number of fused-ring (bicyclic) bond motifs is 1. The standard InChI is InChI=1S/C25H29NO2S/c1-7-28-23(27)25(5,6)29-22-14-15-26-16-21(22)24(3,4)20-13-12-17(2)18-10-8-9-11-19(18)20/h8-16H,7H2,1-6H3. The summed E-state index contributed by atoms with van der Waals surface area (Å²) >= 11 is 1.54. The Labute approximate surface area is 177 Å². The Balaban J connectivity index is 2.10. The number of carbonyl (C=O) groups is 1. The van der Waals surface area contributed by atoms with E-state index in [4.69, 9.17) is 4.74 Å². The summed E-state index contributed by atoms with van der Waals surface area (Å²) in [5.41, 5.74) is 3.34. The van der Waals surface area contributed by atoms with Gasteiger partial charge in [-0.2, -0.15) is 0 Å². The summed E-state index contributed by atoms with van der Waals surface area (Å²) in [5, 5.41) is 2.52. The molecule has 0 saturated carbocycles. The molecule has 0 amide bonds. The number of ether oxygens (including phenoxy) is 1. The van der Waals surface area contributed by atoms with Crippen LogP contribution in [0.4, 0.5) is 0 Å². The van der Waals surface area contributed by atoms with Gasteiger partial charge in [-0.05, 0) is 61.2 Å². The summed E-state index contributed by atoms with van der Waals surface area (Å²) in [6.45, 7) is 12.6. The predicted molar refractivity (Wildman–Crippen MR) is 122 cm³/mol. The Kier molecular flexibility index (Phi) is 6.04. The van der Waals surface area contributed by atoms with Crippen LogP contribution in [0.25, 0.3) is 10.8 Å². The van der Waals surface area contributed by atoms with Crippen molar-refractivity contribution in [2.75, 3.05) is 6.61 Å². The fourth-order valence-corrected chi connectivity index (χ4v) is 4.94. The lowest BCUT2D eigenvalue weighted by molar-refractivity contribution is -0.145. The molecule has 0 N–H and O–H groups in total. The van der Waals surface area contributed by atoms with Crippen molar-refractivity contribution in [2.24, 2.45) is 0 Å². The van der Waals surface area contributed by atoms with E-state index in [0.29, 0.717) is 6.61 Å². The van der Waals surface area contributed by atoms with E-state index in [-0.39, 0.29) is 11.4 Å². The van der Waals surface area contributed by atoms with Gasteiger partial charge in [-0.15, -0.1) is 11.8 Å². The van der Waals surface area contributed by atoms with Crippen LogP contribution >= 0.6 is 11.8 Å². The molecule has 0 radical (unpaired) electrons. The van der Waals surface area contributed by atoms with Gasteiger partial charge in [0.25, 0.3) is 0 Å². The van der Waals surface area contributed by atoms with Gasteiger partial charge in [0.15, 0.2) is 0 Å². The molecule has 152 valence electrons. The zero-order valence-corrected chi connectivity index (χ0v) is 18.9. The third-order valence-corrected chi connectivity index (χ3v) is 6.65. The lowest BCUT2D eigenvalue weighted by Crippen LogP contribution is -2.31. The van der Waals surface area contributed by atoms with Crippen LogP contribution in [0, 0.1) is 6.92 Å². The Morgan fingerprint density at radius 1 is 1.00 bits per heavy atom. The lowest BCUT2D eigenvalue weighted by Gasteiger charge is -2.31. The van der Waals surface area contributed by atoms with Crippen molar-refractivity contribution in [1.82, 2.24) is 4.98 Å². The van der Waals surface area contributed by atoms with E-state index >= 15 is 0 Å². The van der Waals surface area contributed by atoms with Crippen LogP contribution in [0.2, 0.25) is 0 Å². The average Bonchev–Trinajstić information content (AvgIpc) is 2.68. The molecule has 0 aliphatic rings. The van der Waals surface area contributed by atoms with Crippen molar-refractivity contribution in [3.05, 3.63) is 71.5 Å². The first-order valence-corrected chi connectivity index (χ1v) is 10.8. The third-order valence-electron chi connectivity index (χ3n) is 5.40. The molecule has 0 aliphatic heterocycles. The smallest absolute Gasteiger partial charge is 0.321 e.